The van der Waals surface area contributed by atoms with Crippen molar-refractivity contribution >= 4 is 22.4 Å². The lowest BCUT2D eigenvalue weighted by molar-refractivity contribution is -0.144. The van der Waals surface area contributed by atoms with Crippen LogP contribution in [0.15, 0.2) is 24.3 Å². The van der Waals surface area contributed by atoms with Gasteiger partial charge in [0.1, 0.15) is 5.82 Å². The number of aromatic nitrogens is 4. The van der Waals surface area contributed by atoms with Gasteiger partial charge in [-0.3, -0.25) is 4.68 Å². The highest BCUT2D eigenvalue weighted by Gasteiger charge is 2.35. The molecule has 120 valence electrons. The molecule has 3 aromatic rings. The fourth-order valence-electron chi connectivity index (χ4n) is 2.37. The molecule has 0 saturated carbocycles. The van der Waals surface area contributed by atoms with Gasteiger partial charge in [0.25, 0.3) is 0 Å². The highest BCUT2D eigenvalue weighted by Crippen LogP contribution is 2.32. The van der Waals surface area contributed by atoms with Crippen molar-refractivity contribution in [3.05, 3.63) is 41.5 Å². The van der Waals surface area contributed by atoms with E-state index in [0.717, 1.165) is 5.69 Å². The molecule has 0 aliphatic rings. The zero-order valence-electron chi connectivity index (χ0n) is 12.7. The largest absolute Gasteiger partial charge is 0.451 e. The second kappa shape index (κ2) is 5.22. The lowest BCUT2D eigenvalue weighted by Gasteiger charge is -2.12. The van der Waals surface area contributed by atoms with Gasteiger partial charge in [-0.15, -0.1) is 0 Å². The molecule has 23 heavy (non-hydrogen) atoms. The van der Waals surface area contributed by atoms with E-state index in [1.165, 1.54) is 6.07 Å². The van der Waals surface area contributed by atoms with E-state index in [2.05, 4.69) is 20.4 Å². The van der Waals surface area contributed by atoms with Crippen molar-refractivity contribution in [2.24, 2.45) is 7.05 Å². The van der Waals surface area contributed by atoms with Crippen LogP contribution >= 0.6 is 0 Å². The number of para-hydroxylation sites is 1. The molecule has 0 unspecified atom stereocenters. The molecule has 0 amide bonds. The highest BCUT2D eigenvalue weighted by molar-refractivity contribution is 5.91. The predicted molar refractivity (Wildman–Crippen MR) is 80.5 cm³/mol. The van der Waals surface area contributed by atoms with Crippen LogP contribution in [0.3, 0.4) is 0 Å². The van der Waals surface area contributed by atoms with Crippen molar-refractivity contribution in [1.29, 1.82) is 0 Å². The molecule has 1 aromatic carbocycles. The molecule has 0 aliphatic carbocycles. The summed E-state index contributed by atoms with van der Waals surface area (Å²) in [6.45, 7) is 3.61. The van der Waals surface area contributed by atoms with Crippen LogP contribution in [0.2, 0.25) is 0 Å². The van der Waals surface area contributed by atoms with Crippen LogP contribution < -0.4 is 5.32 Å². The summed E-state index contributed by atoms with van der Waals surface area (Å²) in [6.07, 6.45) is -4.61. The summed E-state index contributed by atoms with van der Waals surface area (Å²) in [5.41, 5.74) is 2.36. The van der Waals surface area contributed by atoms with Gasteiger partial charge in [-0.2, -0.15) is 18.3 Å². The van der Waals surface area contributed by atoms with Gasteiger partial charge in [-0.1, -0.05) is 12.1 Å². The van der Waals surface area contributed by atoms with E-state index in [1.807, 2.05) is 6.92 Å². The Labute approximate surface area is 130 Å². The first-order valence-electron chi connectivity index (χ1n) is 6.88. The van der Waals surface area contributed by atoms with E-state index in [9.17, 15) is 13.2 Å². The lowest BCUT2D eigenvalue weighted by atomic mass is 10.2. The number of benzene rings is 1. The summed E-state index contributed by atoms with van der Waals surface area (Å²) in [6, 6.07) is 6.58. The molecule has 5 nitrogen and oxygen atoms in total. The number of fused-ring (bicyclic) bond motifs is 1. The number of alkyl halides is 3. The molecule has 1 N–H and O–H groups in total. The number of aryl methyl sites for hydroxylation is 2. The minimum absolute atomic E-state index is 0.113. The molecule has 0 atom stereocenters. The Balaban J connectivity index is 2.19. The Kier molecular flexibility index (Phi) is 3.46. The van der Waals surface area contributed by atoms with Crippen molar-refractivity contribution in [2.75, 3.05) is 5.32 Å². The van der Waals surface area contributed by atoms with Gasteiger partial charge in [0.05, 0.1) is 22.6 Å². The molecule has 0 aliphatic heterocycles. The fourth-order valence-corrected chi connectivity index (χ4v) is 2.37. The topological polar surface area (TPSA) is 55.6 Å². The number of halogens is 3. The van der Waals surface area contributed by atoms with Gasteiger partial charge in [0.15, 0.2) is 0 Å². The second-order valence-corrected chi connectivity index (χ2v) is 5.21. The number of nitrogens with one attached hydrogen (secondary N) is 1. The normalized spacial score (nSPS) is 11.9. The molecule has 0 saturated heterocycles. The molecular weight excluding hydrogens is 307 g/mol. The van der Waals surface area contributed by atoms with Crippen molar-refractivity contribution in [1.82, 2.24) is 19.7 Å². The maximum Gasteiger partial charge on any atom is 0.451 e. The van der Waals surface area contributed by atoms with Gasteiger partial charge >= 0.3 is 6.18 Å². The SMILES string of the molecule is Cc1nn(C)c(C)c1Nc1nc(C(F)(F)F)nc2ccccc12. The van der Waals surface area contributed by atoms with E-state index >= 15 is 0 Å². The fraction of sp³-hybridized carbons (Fsp3) is 0.267. The molecular formula is C15H14F3N5. The van der Waals surface area contributed by atoms with E-state index in [1.54, 1.807) is 36.9 Å². The Morgan fingerprint density at radius 3 is 2.39 bits per heavy atom. The Hall–Kier alpha value is -2.64. The van der Waals surface area contributed by atoms with E-state index < -0.39 is 12.0 Å². The van der Waals surface area contributed by atoms with Crippen molar-refractivity contribution in [3.8, 4) is 0 Å². The maximum atomic E-state index is 13.0. The van der Waals surface area contributed by atoms with Gasteiger partial charge in [-0.25, -0.2) is 9.97 Å². The number of nitrogens with zero attached hydrogens (tertiary/aromatic N) is 4. The first kappa shape index (κ1) is 15.3. The molecule has 0 spiro atoms. The molecule has 2 heterocycles. The Morgan fingerprint density at radius 1 is 1.09 bits per heavy atom. The smallest absolute Gasteiger partial charge is 0.337 e. The lowest BCUT2D eigenvalue weighted by Crippen LogP contribution is -2.13. The first-order valence-corrected chi connectivity index (χ1v) is 6.88. The molecule has 0 bridgehead atoms. The maximum absolute atomic E-state index is 13.0. The van der Waals surface area contributed by atoms with Crippen LogP contribution in [0, 0.1) is 13.8 Å². The summed E-state index contributed by atoms with van der Waals surface area (Å²) in [5, 5.41) is 7.75. The van der Waals surface area contributed by atoms with Crippen molar-refractivity contribution < 1.29 is 13.2 Å². The molecule has 8 heteroatoms. The van der Waals surface area contributed by atoms with Gasteiger partial charge in [-0.05, 0) is 26.0 Å². The van der Waals surface area contributed by atoms with Gasteiger partial charge in [0, 0.05) is 12.4 Å². The summed E-state index contributed by atoms with van der Waals surface area (Å²) in [5.74, 6) is -1.06. The van der Waals surface area contributed by atoms with Crippen LogP contribution in [0.25, 0.3) is 10.9 Å². The average Bonchev–Trinajstić information content (AvgIpc) is 2.72. The molecule has 2 aromatic heterocycles. The van der Waals surface area contributed by atoms with E-state index in [0.29, 0.717) is 16.8 Å². The third-order valence-electron chi connectivity index (χ3n) is 3.61. The van der Waals surface area contributed by atoms with E-state index in [4.69, 9.17) is 0 Å². The van der Waals surface area contributed by atoms with Crippen LogP contribution in [0.1, 0.15) is 17.2 Å². The number of rotatable bonds is 2. The van der Waals surface area contributed by atoms with Crippen LogP contribution in [-0.4, -0.2) is 19.7 Å². The summed E-state index contributed by atoms with van der Waals surface area (Å²) in [4.78, 5) is 7.28. The predicted octanol–water partition coefficient (Wildman–Crippen LogP) is 3.74. The van der Waals surface area contributed by atoms with Crippen LogP contribution in [0.5, 0.6) is 0 Å². The Bertz CT molecular complexity index is 883. The first-order chi connectivity index (χ1) is 10.8. The standard InChI is InChI=1S/C15H14F3N5/c1-8-12(9(2)23(3)22-8)20-13-10-6-4-5-7-11(10)19-14(21-13)15(16,17)18/h4-7H,1-3H3,(H,19,20,21). The second-order valence-electron chi connectivity index (χ2n) is 5.21. The minimum atomic E-state index is -4.61. The van der Waals surface area contributed by atoms with Crippen molar-refractivity contribution in [2.45, 2.75) is 20.0 Å². The summed E-state index contributed by atoms with van der Waals surface area (Å²) in [7, 11) is 1.77. The number of hydrogen-bond donors (Lipinski definition) is 1. The average molecular weight is 321 g/mol. The Morgan fingerprint density at radius 2 is 1.78 bits per heavy atom. The zero-order chi connectivity index (χ0) is 16.8. The summed E-state index contributed by atoms with van der Waals surface area (Å²) < 4.78 is 40.7. The quantitative estimate of drug-likeness (QED) is 0.781. The summed E-state index contributed by atoms with van der Waals surface area (Å²) >= 11 is 0. The number of hydrogen-bond acceptors (Lipinski definition) is 4. The number of anilines is 2. The molecule has 3 rings (SSSR count). The highest BCUT2D eigenvalue weighted by atomic mass is 19.4. The van der Waals surface area contributed by atoms with Crippen LogP contribution in [-0.2, 0) is 13.2 Å². The third-order valence-corrected chi connectivity index (χ3v) is 3.61. The van der Waals surface area contributed by atoms with Gasteiger partial charge < -0.3 is 5.32 Å². The van der Waals surface area contributed by atoms with Crippen molar-refractivity contribution in [3.63, 3.8) is 0 Å². The van der Waals surface area contributed by atoms with E-state index in [-0.39, 0.29) is 11.3 Å². The monoisotopic (exact) mass is 321 g/mol. The minimum Gasteiger partial charge on any atom is -0.337 e. The molecule has 0 radical (unpaired) electrons. The van der Waals surface area contributed by atoms with Crippen LogP contribution in [0.4, 0.5) is 24.7 Å². The van der Waals surface area contributed by atoms with Gasteiger partial charge in [0.2, 0.25) is 5.82 Å². The third kappa shape index (κ3) is 2.71. The molecule has 0 fully saturated rings. The zero-order valence-corrected chi connectivity index (χ0v) is 12.7.